The SMILES string of the molecule is Cc1ccc(N(c2ccc3c(c2)CCCC3)c2cc3c4ccccc4c(N(c4ccc(C)c(C)c4)c4ccc5c(c4)CCCC5)cc3c3ccccc23)cc1C. The van der Waals surface area contributed by atoms with Gasteiger partial charge < -0.3 is 9.80 Å². The minimum Gasteiger partial charge on any atom is -0.310 e. The Balaban J connectivity index is 1.26. The summed E-state index contributed by atoms with van der Waals surface area (Å²) in [5, 5.41) is 7.59. The van der Waals surface area contributed by atoms with Crippen molar-refractivity contribution in [3.05, 3.63) is 178 Å². The van der Waals surface area contributed by atoms with Crippen LogP contribution in [0.1, 0.15) is 70.2 Å². The second-order valence-corrected chi connectivity index (χ2v) is 16.5. The summed E-state index contributed by atoms with van der Waals surface area (Å²) in [7, 11) is 0. The molecule has 0 fully saturated rings. The predicted octanol–water partition coefficient (Wildman–Crippen LogP) is 15.1. The summed E-state index contributed by atoms with van der Waals surface area (Å²) >= 11 is 0. The molecule has 2 aliphatic carbocycles. The van der Waals surface area contributed by atoms with Gasteiger partial charge in [0.25, 0.3) is 0 Å². The highest BCUT2D eigenvalue weighted by Gasteiger charge is 2.24. The van der Waals surface area contributed by atoms with E-state index in [1.54, 1.807) is 0 Å². The number of rotatable bonds is 6. The van der Waals surface area contributed by atoms with Crippen molar-refractivity contribution in [2.45, 2.75) is 79.1 Å². The number of anilines is 6. The Hall–Kier alpha value is -5.86. The molecule has 0 heterocycles. The maximum absolute atomic E-state index is 2.53. The van der Waals surface area contributed by atoms with Crippen LogP contribution in [0.2, 0.25) is 0 Å². The molecule has 8 aromatic rings. The fourth-order valence-electron chi connectivity index (χ4n) is 9.58. The Kier molecular flexibility index (Phi) is 8.66. The van der Waals surface area contributed by atoms with E-state index < -0.39 is 0 Å². The van der Waals surface area contributed by atoms with E-state index in [2.05, 4.69) is 171 Å². The monoisotopic (exact) mass is 726 g/mol. The third-order valence-electron chi connectivity index (χ3n) is 13.0. The highest BCUT2D eigenvalue weighted by Crippen LogP contribution is 2.48. The molecule has 276 valence electrons. The van der Waals surface area contributed by atoms with Crippen molar-refractivity contribution in [1.82, 2.24) is 0 Å². The van der Waals surface area contributed by atoms with Crippen LogP contribution in [-0.2, 0) is 25.7 Å². The molecule has 8 aromatic carbocycles. The third-order valence-corrected chi connectivity index (χ3v) is 13.0. The van der Waals surface area contributed by atoms with E-state index in [1.165, 1.54) is 149 Å². The molecule has 0 atom stereocenters. The molecule has 56 heavy (non-hydrogen) atoms. The second-order valence-electron chi connectivity index (χ2n) is 16.5. The molecule has 10 rings (SSSR count). The summed E-state index contributed by atoms with van der Waals surface area (Å²) in [6.07, 6.45) is 9.74. The first-order valence-corrected chi connectivity index (χ1v) is 20.8. The van der Waals surface area contributed by atoms with E-state index in [9.17, 15) is 0 Å². The number of fused-ring (bicyclic) bond motifs is 7. The Morgan fingerprint density at radius 1 is 0.304 bits per heavy atom. The molecule has 0 bridgehead atoms. The Bertz CT molecular complexity index is 2630. The molecule has 2 nitrogen and oxygen atoms in total. The normalized spacial score (nSPS) is 13.9. The van der Waals surface area contributed by atoms with Crippen molar-refractivity contribution >= 4 is 66.4 Å². The van der Waals surface area contributed by atoms with Crippen LogP contribution in [-0.4, -0.2) is 0 Å². The zero-order valence-electron chi connectivity index (χ0n) is 33.3. The van der Waals surface area contributed by atoms with Gasteiger partial charge in [0.05, 0.1) is 11.4 Å². The van der Waals surface area contributed by atoms with Crippen LogP contribution in [0.3, 0.4) is 0 Å². The van der Waals surface area contributed by atoms with Crippen LogP contribution in [0.25, 0.3) is 32.3 Å². The van der Waals surface area contributed by atoms with Gasteiger partial charge in [0.15, 0.2) is 0 Å². The van der Waals surface area contributed by atoms with Crippen LogP contribution in [0.5, 0.6) is 0 Å². The first kappa shape index (κ1) is 34.6. The third kappa shape index (κ3) is 5.95. The maximum Gasteiger partial charge on any atom is 0.0546 e. The van der Waals surface area contributed by atoms with E-state index in [-0.39, 0.29) is 0 Å². The summed E-state index contributed by atoms with van der Waals surface area (Å²) in [5.41, 5.74) is 18.5. The lowest BCUT2D eigenvalue weighted by molar-refractivity contribution is 0.685. The number of benzene rings is 8. The molecule has 0 spiro atoms. The van der Waals surface area contributed by atoms with Crippen molar-refractivity contribution in [3.8, 4) is 0 Å². The number of nitrogens with zero attached hydrogens (tertiary/aromatic N) is 2. The number of hydrogen-bond acceptors (Lipinski definition) is 2. The molecule has 0 aromatic heterocycles. The topological polar surface area (TPSA) is 6.48 Å². The first-order chi connectivity index (χ1) is 27.4. The van der Waals surface area contributed by atoms with Crippen LogP contribution in [0, 0.1) is 27.7 Å². The van der Waals surface area contributed by atoms with Gasteiger partial charge in [-0.2, -0.15) is 0 Å². The average molecular weight is 727 g/mol. The molecule has 0 radical (unpaired) electrons. The van der Waals surface area contributed by atoms with Gasteiger partial charge in [-0.3, -0.25) is 0 Å². The van der Waals surface area contributed by atoms with Crippen molar-refractivity contribution in [1.29, 1.82) is 0 Å². The molecule has 0 amide bonds. The van der Waals surface area contributed by atoms with Gasteiger partial charge in [0, 0.05) is 33.5 Å². The molecule has 0 saturated carbocycles. The quantitative estimate of drug-likeness (QED) is 0.157. The van der Waals surface area contributed by atoms with Gasteiger partial charge >= 0.3 is 0 Å². The van der Waals surface area contributed by atoms with Gasteiger partial charge in [-0.25, -0.2) is 0 Å². The molecule has 0 aliphatic heterocycles. The highest BCUT2D eigenvalue weighted by molar-refractivity contribution is 6.24. The summed E-state index contributed by atoms with van der Waals surface area (Å²) in [6, 6.07) is 51.5. The zero-order valence-corrected chi connectivity index (χ0v) is 33.3. The van der Waals surface area contributed by atoms with Crippen molar-refractivity contribution < 1.29 is 0 Å². The van der Waals surface area contributed by atoms with E-state index in [0.29, 0.717) is 0 Å². The van der Waals surface area contributed by atoms with Gasteiger partial charge in [0.1, 0.15) is 0 Å². The minimum absolute atomic E-state index is 1.15. The molecule has 2 aliphatic rings. The van der Waals surface area contributed by atoms with Crippen LogP contribution < -0.4 is 9.80 Å². The van der Waals surface area contributed by atoms with Crippen LogP contribution in [0.15, 0.2) is 133 Å². The van der Waals surface area contributed by atoms with Gasteiger partial charge in [0.2, 0.25) is 0 Å². The Morgan fingerprint density at radius 3 is 1.07 bits per heavy atom. The van der Waals surface area contributed by atoms with E-state index in [0.717, 1.165) is 12.8 Å². The minimum atomic E-state index is 1.15. The van der Waals surface area contributed by atoms with E-state index in [1.807, 2.05) is 0 Å². The summed E-state index contributed by atoms with van der Waals surface area (Å²) in [5.74, 6) is 0. The molecular weight excluding hydrogens is 677 g/mol. The summed E-state index contributed by atoms with van der Waals surface area (Å²) in [4.78, 5) is 5.06. The fourth-order valence-corrected chi connectivity index (χ4v) is 9.58. The van der Waals surface area contributed by atoms with Crippen LogP contribution >= 0.6 is 0 Å². The molecule has 2 heteroatoms. The van der Waals surface area contributed by atoms with E-state index >= 15 is 0 Å². The number of hydrogen-bond donors (Lipinski definition) is 0. The predicted molar refractivity (Wildman–Crippen MR) is 241 cm³/mol. The largest absolute Gasteiger partial charge is 0.310 e. The van der Waals surface area contributed by atoms with Gasteiger partial charge in [-0.1, -0.05) is 72.8 Å². The number of aryl methyl sites for hydroxylation is 8. The molecule has 0 N–H and O–H groups in total. The van der Waals surface area contributed by atoms with E-state index in [4.69, 9.17) is 0 Å². The lowest BCUT2D eigenvalue weighted by Gasteiger charge is -2.31. The average Bonchev–Trinajstić information content (AvgIpc) is 3.23. The molecule has 0 unspecified atom stereocenters. The zero-order chi connectivity index (χ0) is 37.9. The lowest BCUT2D eigenvalue weighted by Crippen LogP contribution is -2.14. The van der Waals surface area contributed by atoms with Crippen molar-refractivity contribution in [2.24, 2.45) is 0 Å². The Labute approximate surface area is 332 Å². The summed E-state index contributed by atoms with van der Waals surface area (Å²) in [6.45, 7) is 8.90. The first-order valence-electron chi connectivity index (χ1n) is 20.8. The van der Waals surface area contributed by atoms with Gasteiger partial charge in [-0.05, 0) is 206 Å². The van der Waals surface area contributed by atoms with Crippen molar-refractivity contribution in [3.63, 3.8) is 0 Å². The second kappa shape index (κ2) is 14.0. The van der Waals surface area contributed by atoms with Crippen molar-refractivity contribution in [2.75, 3.05) is 9.80 Å². The summed E-state index contributed by atoms with van der Waals surface area (Å²) < 4.78 is 0. The standard InChI is InChI=1S/C54H50N2/c1-35-21-25-43(29-37(35)3)55(45-27-23-39-13-5-7-15-41(39)31-45)53-33-51-48-18-10-12-20-50(48)54(34-52(51)47-17-9-11-19-49(47)53)56(44-26-22-36(2)38(4)30-44)46-28-24-40-14-6-8-16-42(40)32-46/h9-12,17-34H,5-8,13-16H2,1-4H3. The Morgan fingerprint density at radius 2 is 0.661 bits per heavy atom. The smallest absolute Gasteiger partial charge is 0.0546 e. The fraction of sp³-hybridized carbons (Fsp3) is 0.222. The molecule has 0 saturated heterocycles. The van der Waals surface area contributed by atoms with Gasteiger partial charge in [-0.15, -0.1) is 0 Å². The molecular formula is C54H50N2. The lowest BCUT2D eigenvalue weighted by atomic mass is 9.90. The van der Waals surface area contributed by atoms with Crippen LogP contribution in [0.4, 0.5) is 34.1 Å². The highest BCUT2D eigenvalue weighted by atomic mass is 15.2. The maximum atomic E-state index is 2.53.